The van der Waals surface area contributed by atoms with E-state index in [9.17, 15) is 0 Å². The van der Waals surface area contributed by atoms with Gasteiger partial charge in [-0.1, -0.05) is 182 Å². The van der Waals surface area contributed by atoms with Crippen molar-refractivity contribution in [2.75, 3.05) is 0 Å². The summed E-state index contributed by atoms with van der Waals surface area (Å²) in [7, 11) is 0. The Bertz CT molecular complexity index is 4570. The fourth-order valence-corrected chi connectivity index (χ4v) is 11.4. The lowest BCUT2D eigenvalue weighted by atomic mass is 9.99. The minimum absolute atomic E-state index is 0.609. The summed E-state index contributed by atoms with van der Waals surface area (Å²) in [6.45, 7) is 0. The average molecular weight is 957 g/mol. The summed E-state index contributed by atoms with van der Waals surface area (Å²) in [5.74, 6) is 1.86. The van der Waals surface area contributed by atoms with E-state index in [0.29, 0.717) is 17.5 Å². The molecule has 0 aliphatic carbocycles. The molecule has 0 fully saturated rings. The summed E-state index contributed by atoms with van der Waals surface area (Å²) in [4.78, 5) is 15.3. The van der Waals surface area contributed by atoms with Gasteiger partial charge in [-0.05, 0) is 102 Å². The molecular formula is C69H44N6. The smallest absolute Gasteiger partial charge is 0.164 e. The monoisotopic (exact) mass is 956 g/mol. The number of hydrogen-bond acceptors (Lipinski definition) is 3. The molecule has 0 N–H and O–H groups in total. The topological polar surface area (TPSA) is 53.5 Å². The molecule has 11 aromatic carbocycles. The quantitative estimate of drug-likeness (QED) is 0.152. The highest BCUT2D eigenvalue weighted by molar-refractivity contribution is 6.13. The standard InChI is InChI=1S/C69H44N6/c1-4-18-46(19-5-1)67-70-68(47-20-6-2-7-21-47)72-69(71-67)50-36-41-64(75-62-30-16-11-24-53(62)54-25-12-17-31-63(54)75)58(43-50)45-32-37-52(38-33-45)73-61-29-15-13-27-56(61)59-42-48(35-40-65(59)73)49-34-39-57-55-26-10-14-28-60(55)74(66(57)44-49)51-22-8-3-9-23-51/h1-44H. The second-order valence-corrected chi connectivity index (χ2v) is 19.2. The molecule has 0 radical (unpaired) electrons. The molecular weight excluding hydrogens is 913 g/mol. The van der Waals surface area contributed by atoms with E-state index in [4.69, 9.17) is 15.0 Å². The number of nitrogens with zero attached hydrogens (tertiary/aromatic N) is 6. The summed E-state index contributed by atoms with van der Waals surface area (Å²) < 4.78 is 7.19. The van der Waals surface area contributed by atoms with Crippen molar-refractivity contribution in [3.05, 3.63) is 267 Å². The number of fused-ring (bicyclic) bond motifs is 9. The Balaban J connectivity index is 0.882. The van der Waals surface area contributed by atoms with E-state index < -0.39 is 0 Å². The minimum atomic E-state index is 0.609. The third-order valence-electron chi connectivity index (χ3n) is 14.9. The highest BCUT2D eigenvalue weighted by atomic mass is 15.0. The molecule has 0 atom stereocenters. The summed E-state index contributed by atoms with van der Waals surface area (Å²) in [6.07, 6.45) is 0. The SMILES string of the molecule is c1ccc(-c2nc(-c3ccccc3)nc(-c3ccc(-n4c5ccccc5c5ccccc54)c(-c4ccc(-n5c6ccccc6c6cc(-c7ccc8c9ccccc9n(-c9ccccc9)c8c7)ccc65)cc4)c3)n2)cc1. The molecule has 0 aliphatic heterocycles. The van der Waals surface area contributed by atoms with Crippen LogP contribution in [0.3, 0.4) is 0 Å². The van der Waals surface area contributed by atoms with Gasteiger partial charge < -0.3 is 13.7 Å². The first-order valence-corrected chi connectivity index (χ1v) is 25.4. The Morgan fingerprint density at radius 2 is 0.600 bits per heavy atom. The first-order chi connectivity index (χ1) is 37.2. The van der Waals surface area contributed by atoms with Crippen LogP contribution in [-0.2, 0) is 0 Å². The molecule has 4 heterocycles. The molecule has 350 valence electrons. The van der Waals surface area contributed by atoms with Gasteiger partial charge in [-0.2, -0.15) is 0 Å². The Labute approximate surface area is 432 Å². The van der Waals surface area contributed by atoms with Crippen molar-refractivity contribution < 1.29 is 0 Å². The van der Waals surface area contributed by atoms with Crippen molar-refractivity contribution in [3.63, 3.8) is 0 Å². The molecule has 4 aromatic heterocycles. The molecule has 6 nitrogen and oxygen atoms in total. The first-order valence-electron chi connectivity index (χ1n) is 25.4. The Hall–Kier alpha value is -10.2. The number of rotatable bonds is 8. The zero-order valence-electron chi connectivity index (χ0n) is 40.6. The fraction of sp³-hybridized carbons (Fsp3) is 0. The van der Waals surface area contributed by atoms with Crippen LogP contribution >= 0.6 is 0 Å². The molecule has 0 spiro atoms. The molecule has 6 heteroatoms. The van der Waals surface area contributed by atoms with Gasteiger partial charge in [0.2, 0.25) is 0 Å². The zero-order valence-corrected chi connectivity index (χ0v) is 40.6. The lowest BCUT2D eigenvalue weighted by molar-refractivity contribution is 1.07. The second-order valence-electron chi connectivity index (χ2n) is 19.2. The van der Waals surface area contributed by atoms with E-state index in [1.807, 2.05) is 36.4 Å². The van der Waals surface area contributed by atoms with E-state index in [1.165, 1.54) is 54.5 Å². The zero-order chi connectivity index (χ0) is 49.4. The summed E-state index contributed by atoms with van der Waals surface area (Å²) in [6, 6.07) is 95.4. The van der Waals surface area contributed by atoms with Crippen LogP contribution in [0.4, 0.5) is 0 Å². The molecule has 75 heavy (non-hydrogen) atoms. The van der Waals surface area contributed by atoms with Gasteiger partial charge >= 0.3 is 0 Å². The van der Waals surface area contributed by atoms with Crippen LogP contribution < -0.4 is 0 Å². The van der Waals surface area contributed by atoms with Crippen molar-refractivity contribution in [1.29, 1.82) is 0 Å². The highest BCUT2D eigenvalue weighted by Crippen LogP contribution is 2.41. The normalized spacial score (nSPS) is 11.7. The van der Waals surface area contributed by atoms with Crippen LogP contribution in [0.2, 0.25) is 0 Å². The molecule has 0 amide bonds. The van der Waals surface area contributed by atoms with E-state index in [-0.39, 0.29) is 0 Å². The van der Waals surface area contributed by atoms with Crippen LogP contribution in [0, 0.1) is 0 Å². The van der Waals surface area contributed by atoms with Crippen molar-refractivity contribution in [2.45, 2.75) is 0 Å². The van der Waals surface area contributed by atoms with Crippen molar-refractivity contribution >= 4 is 65.4 Å². The van der Waals surface area contributed by atoms with E-state index in [1.54, 1.807) is 0 Å². The third kappa shape index (κ3) is 6.99. The maximum atomic E-state index is 5.16. The first kappa shape index (κ1) is 42.5. The summed E-state index contributed by atoms with van der Waals surface area (Å²) in [5, 5.41) is 7.33. The van der Waals surface area contributed by atoms with Crippen LogP contribution in [0.15, 0.2) is 267 Å². The molecule has 0 aliphatic rings. The predicted molar refractivity (Wildman–Crippen MR) is 310 cm³/mol. The van der Waals surface area contributed by atoms with Crippen LogP contribution in [-0.4, -0.2) is 28.7 Å². The van der Waals surface area contributed by atoms with Gasteiger partial charge in [0.25, 0.3) is 0 Å². The van der Waals surface area contributed by atoms with E-state index in [2.05, 4.69) is 244 Å². The lowest BCUT2D eigenvalue weighted by Gasteiger charge is -2.17. The van der Waals surface area contributed by atoms with Crippen LogP contribution in [0.1, 0.15) is 0 Å². The summed E-state index contributed by atoms with van der Waals surface area (Å²) >= 11 is 0. The molecule has 0 saturated heterocycles. The fourth-order valence-electron chi connectivity index (χ4n) is 11.4. The maximum absolute atomic E-state index is 5.16. The number of benzene rings is 11. The van der Waals surface area contributed by atoms with Crippen molar-refractivity contribution in [2.24, 2.45) is 0 Å². The molecule has 0 bridgehead atoms. The maximum Gasteiger partial charge on any atom is 0.164 e. The molecule has 15 aromatic rings. The van der Waals surface area contributed by atoms with Gasteiger partial charge in [0.15, 0.2) is 17.5 Å². The molecule has 15 rings (SSSR count). The minimum Gasteiger partial charge on any atom is -0.309 e. The number of hydrogen-bond donors (Lipinski definition) is 0. The number of aromatic nitrogens is 6. The Morgan fingerprint density at radius 1 is 0.213 bits per heavy atom. The van der Waals surface area contributed by atoms with E-state index >= 15 is 0 Å². The van der Waals surface area contributed by atoms with Gasteiger partial charge in [0.05, 0.1) is 38.8 Å². The second kappa shape index (κ2) is 17.3. The highest BCUT2D eigenvalue weighted by Gasteiger charge is 2.21. The van der Waals surface area contributed by atoms with E-state index in [0.717, 1.165) is 66.9 Å². The molecule has 0 saturated carbocycles. The van der Waals surface area contributed by atoms with Gasteiger partial charge in [0.1, 0.15) is 0 Å². The van der Waals surface area contributed by atoms with Gasteiger partial charge in [-0.3, -0.25) is 0 Å². The largest absolute Gasteiger partial charge is 0.309 e. The Kier molecular flexibility index (Phi) is 9.78. The van der Waals surface area contributed by atoms with Crippen LogP contribution in [0.5, 0.6) is 0 Å². The number of para-hydroxylation sites is 5. The predicted octanol–water partition coefficient (Wildman–Crippen LogP) is 17.5. The lowest BCUT2D eigenvalue weighted by Crippen LogP contribution is -2.02. The average Bonchev–Trinajstić information content (AvgIpc) is 4.15. The summed E-state index contributed by atoms with van der Waals surface area (Å²) in [5.41, 5.74) is 17.5. The van der Waals surface area contributed by atoms with Gasteiger partial charge in [0, 0.05) is 65.9 Å². The Morgan fingerprint density at radius 3 is 1.17 bits per heavy atom. The third-order valence-corrected chi connectivity index (χ3v) is 14.9. The van der Waals surface area contributed by atoms with Crippen molar-refractivity contribution in [3.8, 4) is 73.5 Å². The molecule has 0 unspecified atom stereocenters. The van der Waals surface area contributed by atoms with Crippen molar-refractivity contribution in [1.82, 2.24) is 28.7 Å². The van der Waals surface area contributed by atoms with Gasteiger partial charge in [-0.25, -0.2) is 15.0 Å². The van der Waals surface area contributed by atoms with Crippen LogP contribution in [0.25, 0.3) is 139 Å². The van der Waals surface area contributed by atoms with Gasteiger partial charge in [-0.15, -0.1) is 0 Å².